The highest BCUT2D eigenvalue weighted by Gasteiger charge is 2.61. The van der Waals surface area contributed by atoms with Crippen LogP contribution in [0.15, 0.2) is 0 Å². The van der Waals surface area contributed by atoms with Gasteiger partial charge < -0.3 is 15.7 Å². The van der Waals surface area contributed by atoms with Gasteiger partial charge in [0.15, 0.2) is 5.41 Å². The van der Waals surface area contributed by atoms with Crippen LogP contribution in [0.4, 0.5) is 13.2 Å². The second-order valence-corrected chi connectivity index (χ2v) is 3.84. The van der Waals surface area contributed by atoms with Gasteiger partial charge in [0.1, 0.15) is 0 Å². The van der Waals surface area contributed by atoms with Gasteiger partial charge in [0.05, 0.1) is 0 Å². The Hall–Kier alpha value is -0.820. The Kier molecular flexibility index (Phi) is 4.15. The Labute approximate surface area is 91.2 Å². The molecule has 1 fully saturated rings. The van der Waals surface area contributed by atoms with Gasteiger partial charge in [-0.2, -0.15) is 13.2 Å². The maximum atomic E-state index is 12.8. The Morgan fingerprint density at radius 1 is 1.50 bits per heavy atom. The van der Waals surface area contributed by atoms with Crippen molar-refractivity contribution < 1.29 is 23.1 Å². The number of alkyl halides is 3. The molecule has 0 spiro atoms. The van der Waals surface area contributed by atoms with Crippen molar-refractivity contribution in [3.8, 4) is 0 Å². The fraction of sp³-hybridized carbons (Fsp3) is 0.889. The van der Waals surface area contributed by atoms with Gasteiger partial charge in [0, 0.05) is 19.7 Å². The smallest absolute Gasteiger partial charge is 0.396 e. The Morgan fingerprint density at radius 3 is 2.62 bits per heavy atom. The van der Waals surface area contributed by atoms with Crippen LogP contribution in [-0.2, 0) is 4.79 Å². The van der Waals surface area contributed by atoms with E-state index in [4.69, 9.17) is 5.11 Å². The van der Waals surface area contributed by atoms with Crippen LogP contribution >= 0.6 is 0 Å². The molecular formula is C9H15F3N2O2. The van der Waals surface area contributed by atoms with Crippen molar-refractivity contribution >= 4 is 5.91 Å². The van der Waals surface area contributed by atoms with Gasteiger partial charge in [-0.05, 0) is 19.4 Å². The molecule has 0 aromatic heterocycles. The number of carbonyl (C=O) groups is 1. The lowest BCUT2D eigenvalue weighted by atomic mass is 9.85. The average Bonchev–Trinajstić information content (AvgIpc) is 2.66. The van der Waals surface area contributed by atoms with Crippen molar-refractivity contribution in [1.82, 2.24) is 10.6 Å². The fourth-order valence-electron chi connectivity index (χ4n) is 1.71. The van der Waals surface area contributed by atoms with Crippen molar-refractivity contribution in [3.63, 3.8) is 0 Å². The van der Waals surface area contributed by atoms with Gasteiger partial charge in [0.2, 0.25) is 5.91 Å². The number of hydrogen-bond donors (Lipinski definition) is 3. The van der Waals surface area contributed by atoms with E-state index in [1.54, 1.807) is 0 Å². The average molecular weight is 240 g/mol. The molecule has 1 aliphatic rings. The summed E-state index contributed by atoms with van der Waals surface area (Å²) in [6.07, 6.45) is -4.52. The number of aliphatic hydroxyl groups excluding tert-OH is 1. The third-order valence-corrected chi connectivity index (χ3v) is 2.75. The molecule has 0 aromatic rings. The minimum atomic E-state index is -4.54. The number of carbonyl (C=O) groups excluding carboxylic acids is 1. The maximum absolute atomic E-state index is 12.8. The molecular weight excluding hydrogens is 225 g/mol. The summed E-state index contributed by atoms with van der Waals surface area (Å²) in [5.41, 5.74) is -2.30. The highest BCUT2D eigenvalue weighted by atomic mass is 19.4. The quantitative estimate of drug-likeness (QED) is 0.607. The SMILES string of the molecule is O=C(NCCCO)C1(C(F)(F)F)CCNC1. The molecule has 7 heteroatoms. The summed E-state index contributed by atoms with van der Waals surface area (Å²) in [5, 5.41) is 13.3. The molecule has 1 atom stereocenters. The molecule has 1 saturated heterocycles. The predicted molar refractivity (Wildman–Crippen MR) is 50.7 cm³/mol. The summed E-state index contributed by atoms with van der Waals surface area (Å²) in [4.78, 5) is 11.5. The van der Waals surface area contributed by atoms with Crippen LogP contribution in [0.1, 0.15) is 12.8 Å². The van der Waals surface area contributed by atoms with E-state index < -0.39 is 17.5 Å². The van der Waals surface area contributed by atoms with Crippen molar-refractivity contribution in [2.75, 3.05) is 26.2 Å². The third-order valence-electron chi connectivity index (χ3n) is 2.75. The van der Waals surface area contributed by atoms with Crippen molar-refractivity contribution in [2.45, 2.75) is 19.0 Å². The number of aliphatic hydroxyl groups is 1. The summed E-state index contributed by atoms with van der Waals surface area (Å²) < 4.78 is 38.5. The van der Waals surface area contributed by atoms with Crippen LogP contribution in [0, 0.1) is 5.41 Å². The lowest BCUT2D eigenvalue weighted by molar-refractivity contribution is -0.216. The third kappa shape index (κ3) is 2.46. The molecule has 4 nitrogen and oxygen atoms in total. The highest BCUT2D eigenvalue weighted by molar-refractivity contribution is 5.84. The Balaban J connectivity index is 2.67. The number of rotatable bonds is 4. The second kappa shape index (κ2) is 5.01. The first kappa shape index (κ1) is 13.2. The topological polar surface area (TPSA) is 61.4 Å². The van der Waals surface area contributed by atoms with Crippen molar-refractivity contribution in [3.05, 3.63) is 0 Å². The first-order chi connectivity index (χ1) is 7.44. The fourth-order valence-corrected chi connectivity index (χ4v) is 1.71. The van der Waals surface area contributed by atoms with Crippen LogP contribution < -0.4 is 10.6 Å². The molecule has 1 unspecified atom stereocenters. The zero-order valence-electron chi connectivity index (χ0n) is 8.73. The lowest BCUT2D eigenvalue weighted by Crippen LogP contribution is -2.52. The maximum Gasteiger partial charge on any atom is 0.404 e. The number of halogens is 3. The van der Waals surface area contributed by atoms with E-state index >= 15 is 0 Å². The van der Waals surface area contributed by atoms with Crippen LogP contribution in [0.3, 0.4) is 0 Å². The number of nitrogens with one attached hydrogen (secondary N) is 2. The molecule has 1 amide bonds. The number of hydrogen-bond acceptors (Lipinski definition) is 3. The largest absolute Gasteiger partial charge is 0.404 e. The highest BCUT2D eigenvalue weighted by Crippen LogP contribution is 2.43. The van der Waals surface area contributed by atoms with Crippen molar-refractivity contribution in [2.24, 2.45) is 5.41 Å². The standard InChI is InChI=1S/C9H15F3N2O2/c10-9(11,12)8(2-4-13-6-8)7(16)14-3-1-5-15/h13,15H,1-6H2,(H,14,16). The van der Waals surface area contributed by atoms with E-state index in [1.807, 2.05) is 0 Å². The van der Waals surface area contributed by atoms with Crippen LogP contribution in [0.5, 0.6) is 0 Å². The van der Waals surface area contributed by atoms with Gasteiger partial charge in [-0.25, -0.2) is 0 Å². The zero-order chi connectivity index (χ0) is 12.2. The van der Waals surface area contributed by atoms with Crippen LogP contribution in [0.25, 0.3) is 0 Å². The van der Waals surface area contributed by atoms with E-state index in [2.05, 4.69) is 10.6 Å². The molecule has 1 heterocycles. The summed E-state index contributed by atoms with van der Waals surface area (Å²) in [7, 11) is 0. The Bertz CT molecular complexity index is 250. The molecule has 16 heavy (non-hydrogen) atoms. The zero-order valence-corrected chi connectivity index (χ0v) is 8.73. The van der Waals surface area contributed by atoms with E-state index in [0.29, 0.717) is 0 Å². The predicted octanol–water partition coefficient (Wildman–Crippen LogP) is 0.0270. The molecule has 0 aromatic carbocycles. The first-order valence-corrected chi connectivity index (χ1v) is 5.11. The van der Waals surface area contributed by atoms with E-state index in [1.165, 1.54) is 0 Å². The van der Waals surface area contributed by atoms with E-state index in [0.717, 1.165) is 0 Å². The Morgan fingerprint density at radius 2 is 2.19 bits per heavy atom. The molecule has 0 bridgehead atoms. The van der Waals surface area contributed by atoms with Gasteiger partial charge in [-0.3, -0.25) is 4.79 Å². The monoisotopic (exact) mass is 240 g/mol. The minimum absolute atomic E-state index is 0.0627. The normalized spacial score (nSPS) is 25.8. The van der Waals surface area contributed by atoms with Crippen LogP contribution in [0.2, 0.25) is 0 Å². The molecule has 0 saturated carbocycles. The van der Waals surface area contributed by atoms with Gasteiger partial charge in [0.25, 0.3) is 0 Å². The second-order valence-electron chi connectivity index (χ2n) is 3.84. The number of amides is 1. The molecule has 3 N–H and O–H groups in total. The van der Waals surface area contributed by atoms with Crippen molar-refractivity contribution in [1.29, 1.82) is 0 Å². The first-order valence-electron chi connectivity index (χ1n) is 5.11. The molecule has 0 aliphatic carbocycles. The van der Waals surface area contributed by atoms with E-state index in [9.17, 15) is 18.0 Å². The van der Waals surface area contributed by atoms with Gasteiger partial charge in [-0.15, -0.1) is 0 Å². The van der Waals surface area contributed by atoms with E-state index in [-0.39, 0.29) is 39.1 Å². The van der Waals surface area contributed by atoms with Gasteiger partial charge in [-0.1, -0.05) is 0 Å². The van der Waals surface area contributed by atoms with Gasteiger partial charge >= 0.3 is 6.18 Å². The molecule has 1 rings (SSSR count). The molecule has 1 aliphatic heterocycles. The van der Waals surface area contributed by atoms with Crippen LogP contribution in [-0.4, -0.2) is 43.4 Å². The molecule has 0 radical (unpaired) electrons. The summed E-state index contributed by atoms with van der Waals surface area (Å²) in [6, 6.07) is 0. The lowest BCUT2D eigenvalue weighted by Gasteiger charge is -2.29. The minimum Gasteiger partial charge on any atom is -0.396 e. The summed E-state index contributed by atoms with van der Waals surface area (Å²) in [5.74, 6) is -1.00. The molecule has 94 valence electrons. The summed E-state index contributed by atoms with van der Waals surface area (Å²) >= 11 is 0. The summed E-state index contributed by atoms with van der Waals surface area (Å²) in [6.45, 7) is -0.279.